The Bertz CT molecular complexity index is 672. The molecule has 2 rings (SSSR count). The van der Waals surface area contributed by atoms with Crippen LogP contribution in [0.15, 0.2) is 48.5 Å². The molecule has 21 heavy (non-hydrogen) atoms. The Kier molecular flexibility index (Phi) is 4.57. The van der Waals surface area contributed by atoms with Crippen LogP contribution in [0.5, 0.6) is 5.75 Å². The van der Waals surface area contributed by atoms with Crippen LogP contribution >= 0.6 is 0 Å². The third-order valence-electron chi connectivity index (χ3n) is 2.95. The van der Waals surface area contributed by atoms with E-state index in [0.717, 1.165) is 5.56 Å². The molecule has 0 aliphatic carbocycles. The van der Waals surface area contributed by atoms with Gasteiger partial charge in [-0.15, -0.1) is 0 Å². The molecule has 0 saturated carbocycles. The number of nitriles is 1. The molecule has 0 spiro atoms. The molecular weight excluding hydrogens is 264 g/mol. The van der Waals surface area contributed by atoms with Gasteiger partial charge in [-0.25, -0.2) is 0 Å². The van der Waals surface area contributed by atoms with Gasteiger partial charge in [-0.3, -0.25) is 4.79 Å². The maximum Gasteiger partial charge on any atom is 0.265 e. The molecule has 106 valence electrons. The van der Waals surface area contributed by atoms with Crippen LogP contribution in [0.1, 0.15) is 18.1 Å². The summed E-state index contributed by atoms with van der Waals surface area (Å²) in [4.78, 5) is 12.1. The molecule has 0 saturated heterocycles. The Balaban J connectivity index is 1.97. The molecule has 1 N–H and O–H groups in total. The first-order valence-electron chi connectivity index (χ1n) is 6.63. The number of rotatable bonds is 4. The van der Waals surface area contributed by atoms with Crippen molar-refractivity contribution in [3.63, 3.8) is 0 Å². The van der Waals surface area contributed by atoms with Gasteiger partial charge in [0.05, 0.1) is 11.6 Å². The van der Waals surface area contributed by atoms with E-state index in [1.54, 1.807) is 31.2 Å². The fraction of sp³-hybridized carbons (Fsp3) is 0.176. The van der Waals surface area contributed by atoms with Crippen molar-refractivity contribution in [1.82, 2.24) is 0 Å². The highest BCUT2D eigenvalue weighted by Crippen LogP contribution is 2.15. The quantitative estimate of drug-likeness (QED) is 0.935. The summed E-state index contributed by atoms with van der Waals surface area (Å²) in [5.41, 5.74) is 2.27. The van der Waals surface area contributed by atoms with Crippen molar-refractivity contribution in [2.24, 2.45) is 0 Å². The van der Waals surface area contributed by atoms with E-state index in [0.29, 0.717) is 17.0 Å². The molecule has 0 unspecified atom stereocenters. The lowest BCUT2D eigenvalue weighted by Crippen LogP contribution is -2.30. The molecule has 2 aromatic carbocycles. The van der Waals surface area contributed by atoms with Crippen LogP contribution in [0.2, 0.25) is 0 Å². The van der Waals surface area contributed by atoms with Gasteiger partial charge in [0.25, 0.3) is 5.91 Å². The minimum absolute atomic E-state index is 0.235. The van der Waals surface area contributed by atoms with Crippen molar-refractivity contribution < 1.29 is 9.53 Å². The zero-order chi connectivity index (χ0) is 15.2. The van der Waals surface area contributed by atoms with Crippen LogP contribution in [0.3, 0.4) is 0 Å². The highest BCUT2D eigenvalue weighted by Gasteiger charge is 2.14. The van der Waals surface area contributed by atoms with Crippen molar-refractivity contribution in [3.05, 3.63) is 59.7 Å². The SMILES string of the molecule is Cc1cccc(O[C@H](C)C(=O)Nc2ccc(C#N)cc2)c1. The highest BCUT2D eigenvalue weighted by atomic mass is 16.5. The summed E-state index contributed by atoms with van der Waals surface area (Å²) in [5, 5.41) is 11.5. The molecule has 2 aromatic rings. The van der Waals surface area contributed by atoms with Gasteiger partial charge in [0, 0.05) is 5.69 Å². The second-order valence-corrected chi connectivity index (χ2v) is 4.75. The summed E-state index contributed by atoms with van der Waals surface area (Å²) in [6, 6.07) is 16.3. The number of nitrogens with one attached hydrogen (secondary N) is 1. The predicted molar refractivity (Wildman–Crippen MR) is 81.1 cm³/mol. The molecule has 0 radical (unpaired) electrons. The second kappa shape index (κ2) is 6.58. The van der Waals surface area contributed by atoms with E-state index < -0.39 is 6.10 Å². The van der Waals surface area contributed by atoms with Gasteiger partial charge in [-0.1, -0.05) is 12.1 Å². The summed E-state index contributed by atoms with van der Waals surface area (Å²) in [6.45, 7) is 3.66. The maximum absolute atomic E-state index is 12.1. The first-order valence-corrected chi connectivity index (χ1v) is 6.63. The lowest BCUT2D eigenvalue weighted by Gasteiger charge is -2.15. The van der Waals surface area contributed by atoms with Crippen LogP contribution in [0, 0.1) is 18.3 Å². The van der Waals surface area contributed by atoms with E-state index in [2.05, 4.69) is 5.32 Å². The second-order valence-electron chi connectivity index (χ2n) is 4.75. The van der Waals surface area contributed by atoms with Crippen LogP contribution < -0.4 is 10.1 Å². The van der Waals surface area contributed by atoms with Gasteiger partial charge in [-0.2, -0.15) is 5.26 Å². The zero-order valence-corrected chi connectivity index (χ0v) is 12.0. The minimum atomic E-state index is -0.609. The fourth-order valence-electron chi connectivity index (χ4n) is 1.82. The standard InChI is InChI=1S/C17H16N2O2/c1-12-4-3-5-16(10-12)21-13(2)17(20)19-15-8-6-14(11-18)7-9-15/h3-10,13H,1-2H3,(H,19,20)/t13-/m1/s1. The number of carbonyl (C=O) groups is 1. The number of carbonyl (C=O) groups excluding carboxylic acids is 1. The number of nitrogens with zero attached hydrogens (tertiary/aromatic N) is 1. The summed E-state index contributed by atoms with van der Waals surface area (Å²) < 4.78 is 5.61. The topological polar surface area (TPSA) is 62.1 Å². The predicted octanol–water partition coefficient (Wildman–Crippen LogP) is 3.27. The van der Waals surface area contributed by atoms with Gasteiger partial charge >= 0.3 is 0 Å². The largest absolute Gasteiger partial charge is 0.481 e. The molecule has 0 aliphatic rings. The van der Waals surface area contributed by atoms with E-state index in [1.165, 1.54) is 0 Å². The number of anilines is 1. The van der Waals surface area contributed by atoms with Crippen molar-refractivity contribution in [2.75, 3.05) is 5.32 Å². The minimum Gasteiger partial charge on any atom is -0.481 e. The maximum atomic E-state index is 12.1. The average molecular weight is 280 g/mol. The average Bonchev–Trinajstić information content (AvgIpc) is 2.48. The molecule has 0 fully saturated rings. The van der Waals surface area contributed by atoms with Gasteiger partial charge < -0.3 is 10.1 Å². The smallest absolute Gasteiger partial charge is 0.265 e. The van der Waals surface area contributed by atoms with E-state index in [4.69, 9.17) is 10.00 Å². The highest BCUT2D eigenvalue weighted by molar-refractivity contribution is 5.94. The van der Waals surface area contributed by atoms with Gasteiger partial charge in [0.2, 0.25) is 0 Å². The normalized spacial score (nSPS) is 11.3. The Morgan fingerprint density at radius 2 is 1.95 bits per heavy atom. The molecular formula is C17H16N2O2. The fourth-order valence-corrected chi connectivity index (χ4v) is 1.82. The molecule has 1 atom stereocenters. The third-order valence-corrected chi connectivity index (χ3v) is 2.95. The summed E-state index contributed by atoms with van der Waals surface area (Å²) in [6.07, 6.45) is -0.609. The molecule has 4 nitrogen and oxygen atoms in total. The van der Waals surface area contributed by atoms with Crippen molar-refractivity contribution in [2.45, 2.75) is 20.0 Å². The number of ether oxygens (including phenoxy) is 1. The van der Waals surface area contributed by atoms with Crippen LogP contribution in [-0.2, 0) is 4.79 Å². The summed E-state index contributed by atoms with van der Waals surface area (Å²) in [5.74, 6) is 0.429. The first kappa shape index (κ1) is 14.6. The lowest BCUT2D eigenvalue weighted by atomic mass is 10.2. The summed E-state index contributed by atoms with van der Waals surface area (Å²) >= 11 is 0. The van der Waals surface area contributed by atoms with Crippen molar-refractivity contribution >= 4 is 11.6 Å². The van der Waals surface area contributed by atoms with E-state index >= 15 is 0 Å². The molecule has 0 bridgehead atoms. The number of aryl methyl sites for hydroxylation is 1. The van der Waals surface area contributed by atoms with Crippen molar-refractivity contribution in [3.8, 4) is 11.8 Å². The molecule has 0 aliphatic heterocycles. The van der Waals surface area contributed by atoms with Crippen LogP contribution in [-0.4, -0.2) is 12.0 Å². The lowest BCUT2D eigenvalue weighted by molar-refractivity contribution is -0.122. The third kappa shape index (κ3) is 4.08. The van der Waals surface area contributed by atoms with Crippen LogP contribution in [0.4, 0.5) is 5.69 Å². The van der Waals surface area contributed by atoms with Crippen LogP contribution in [0.25, 0.3) is 0 Å². The molecule has 4 heteroatoms. The van der Waals surface area contributed by atoms with Gasteiger partial charge in [0.15, 0.2) is 6.10 Å². The van der Waals surface area contributed by atoms with E-state index in [9.17, 15) is 4.79 Å². The molecule has 0 heterocycles. The Labute approximate surface area is 124 Å². The number of hydrogen-bond acceptors (Lipinski definition) is 3. The Hall–Kier alpha value is -2.80. The van der Waals surface area contributed by atoms with Crippen molar-refractivity contribution in [1.29, 1.82) is 5.26 Å². The van der Waals surface area contributed by atoms with Gasteiger partial charge in [0.1, 0.15) is 5.75 Å². The number of benzene rings is 2. The molecule has 1 amide bonds. The van der Waals surface area contributed by atoms with Gasteiger partial charge in [-0.05, 0) is 55.8 Å². The first-order chi connectivity index (χ1) is 10.1. The molecule has 0 aromatic heterocycles. The monoisotopic (exact) mass is 280 g/mol. The van der Waals surface area contributed by atoms with E-state index in [-0.39, 0.29) is 5.91 Å². The number of amides is 1. The Morgan fingerprint density at radius 3 is 2.57 bits per heavy atom. The Morgan fingerprint density at radius 1 is 1.24 bits per heavy atom. The zero-order valence-electron chi connectivity index (χ0n) is 12.0. The van der Waals surface area contributed by atoms with E-state index in [1.807, 2.05) is 37.3 Å². The summed E-state index contributed by atoms with van der Waals surface area (Å²) in [7, 11) is 0. The number of hydrogen-bond donors (Lipinski definition) is 1.